The van der Waals surface area contributed by atoms with Crippen molar-refractivity contribution in [2.45, 2.75) is 46.1 Å². The van der Waals surface area contributed by atoms with Crippen LogP contribution in [0.3, 0.4) is 0 Å². The highest BCUT2D eigenvalue weighted by molar-refractivity contribution is 5.98. The number of pyridine rings is 1. The summed E-state index contributed by atoms with van der Waals surface area (Å²) in [7, 11) is 1.73. The molecular weight excluding hydrogens is 568 g/mol. The third kappa shape index (κ3) is 8.14. The van der Waals surface area contributed by atoms with E-state index in [1.54, 1.807) is 26.6 Å². The lowest BCUT2D eigenvalue weighted by molar-refractivity contribution is -0.134. The minimum atomic E-state index is -0.550. The largest absolute Gasteiger partial charge is 0.483 e. The molecule has 2 aromatic rings. The smallest absolute Gasteiger partial charge is 0.409 e. The molecule has 0 saturated carbocycles. The summed E-state index contributed by atoms with van der Waals surface area (Å²) in [6.07, 6.45) is 2.07. The van der Waals surface area contributed by atoms with Gasteiger partial charge in [0.25, 0.3) is 11.8 Å². The van der Waals surface area contributed by atoms with Gasteiger partial charge in [-0.25, -0.2) is 9.78 Å². The predicted octanol–water partition coefficient (Wildman–Crippen LogP) is 1.81. The van der Waals surface area contributed by atoms with Crippen LogP contribution in [0.15, 0.2) is 24.3 Å². The minimum Gasteiger partial charge on any atom is -0.483 e. The predicted molar refractivity (Wildman–Crippen MR) is 162 cm³/mol. The molecule has 0 bridgehead atoms. The molecule has 2 saturated heterocycles. The summed E-state index contributed by atoms with van der Waals surface area (Å²) in [5.41, 5.74) is 1.52. The van der Waals surface area contributed by atoms with E-state index in [0.717, 1.165) is 18.4 Å². The number of fused-ring (bicyclic) bond motifs is 1. The number of rotatable bonds is 10. The van der Waals surface area contributed by atoms with Crippen LogP contribution in [-0.4, -0.2) is 126 Å². The first-order valence-electron chi connectivity index (χ1n) is 15.1. The lowest BCUT2D eigenvalue weighted by atomic mass is 10.1. The Bertz CT molecular complexity index is 1390. The number of carbonyl (C=O) groups excluding carboxylic acids is 5. The SMILES string of the molecule is CCCCOC(=O)N1CCN(C(=O)CNC(=O)c2cc(OCC(=O)N3CCC(N(C)C(C)=O)C3)c3ccc(C)cc3n2)CC1. The van der Waals surface area contributed by atoms with Crippen molar-refractivity contribution in [1.82, 2.24) is 29.9 Å². The van der Waals surface area contributed by atoms with Gasteiger partial charge in [0.2, 0.25) is 11.8 Å². The fraction of sp³-hybridized carbons (Fsp3) is 0.548. The van der Waals surface area contributed by atoms with Crippen LogP contribution in [0.5, 0.6) is 5.75 Å². The van der Waals surface area contributed by atoms with Gasteiger partial charge in [0.05, 0.1) is 24.7 Å². The molecule has 1 aromatic heterocycles. The number of nitrogens with one attached hydrogen (secondary N) is 1. The van der Waals surface area contributed by atoms with Crippen LogP contribution >= 0.6 is 0 Å². The quantitative estimate of drug-likeness (QED) is 0.402. The molecule has 0 aliphatic carbocycles. The number of aromatic nitrogens is 1. The minimum absolute atomic E-state index is 0.0323. The molecule has 0 spiro atoms. The van der Waals surface area contributed by atoms with Gasteiger partial charge in [-0.15, -0.1) is 0 Å². The van der Waals surface area contributed by atoms with Gasteiger partial charge in [0, 0.05) is 64.7 Å². The van der Waals surface area contributed by atoms with Crippen LogP contribution in [0.4, 0.5) is 4.79 Å². The average molecular weight is 611 g/mol. The van der Waals surface area contributed by atoms with Crippen molar-refractivity contribution in [2.24, 2.45) is 0 Å². The van der Waals surface area contributed by atoms with E-state index >= 15 is 0 Å². The number of unbranched alkanes of at least 4 members (excludes halogenated alkanes) is 1. The lowest BCUT2D eigenvalue weighted by Crippen LogP contribution is -2.52. The highest BCUT2D eigenvalue weighted by Gasteiger charge is 2.30. The van der Waals surface area contributed by atoms with Gasteiger partial charge in [-0.1, -0.05) is 19.4 Å². The van der Waals surface area contributed by atoms with E-state index < -0.39 is 5.91 Å². The fourth-order valence-corrected chi connectivity index (χ4v) is 5.21. The van der Waals surface area contributed by atoms with Crippen molar-refractivity contribution in [3.63, 3.8) is 0 Å². The summed E-state index contributed by atoms with van der Waals surface area (Å²) in [5, 5.41) is 3.29. The maximum atomic E-state index is 13.1. The first-order valence-corrected chi connectivity index (χ1v) is 15.1. The second kappa shape index (κ2) is 14.8. The standard InChI is InChI=1S/C31H42N6O7/c1-5-6-15-43-31(42)36-13-11-35(12-14-36)28(39)18-32-30(41)26-17-27(24-8-7-21(2)16-25(24)33-26)44-20-29(40)37-10-9-23(19-37)34(4)22(3)38/h7-8,16-17,23H,5-6,9-15,18-20H2,1-4H3,(H,32,41). The maximum Gasteiger partial charge on any atom is 0.409 e. The normalized spacial score (nSPS) is 16.5. The molecule has 1 N–H and O–H groups in total. The molecule has 2 aliphatic rings. The van der Waals surface area contributed by atoms with Crippen molar-refractivity contribution in [2.75, 3.05) is 66.1 Å². The van der Waals surface area contributed by atoms with Crippen LogP contribution in [0.25, 0.3) is 10.9 Å². The number of piperazine rings is 1. The van der Waals surface area contributed by atoms with Crippen LogP contribution in [0.2, 0.25) is 0 Å². The van der Waals surface area contributed by atoms with E-state index in [1.807, 2.05) is 32.0 Å². The molecule has 1 unspecified atom stereocenters. The van der Waals surface area contributed by atoms with E-state index in [9.17, 15) is 24.0 Å². The maximum absolute atomic E-state index is 13.1. The molecule has 1 aromatic carbocycles. The highest BCUT2D eigenvalue weighted by Crippen LogP contribution is 2.27. The molecule has 44 heavy (non-hydrogen) atoms. The number of benzene rings is 1. The van der Waals surface area contributed by atoms with E-state index in [2.05, 4.69) is 10.3 Å². The Kier molecular flexibility index (Phi) is 11.0. The summed E-state index contributed by atoms with van der Waals surface area (Å²) in [5.74, 6) is -0.749. The van der Waals surface area contributed by atoms with Crippen molar-refractivity contribution >= 4 is 40.6 Å². The first kappa shape index (κ1) is 32.5. The van der Waals surface area contributed by atoms with Gasteiger partial charge in [-0.2, -0.15) is 0 Å². The third-order valence-electron chi connectivity index (χ3n) is 8.09. The second-order valence-corrected chi connectivity index (χ2v) is 11.2. The number of nitrogens with zero attached hydrogens (tertiary/aromatic N) is 5. The average Bonchev–Trinajstić information content (AvgIpc) is 3.52. The molecule has 13 nitrogen and oxygen atoms in total. The molecule has 2 fully saturated rings. The van der Waals surface area contributed by atoms with Gasteiger partial charge in [-0.3, -0.25) is 19.2 Å². The Labute approximate surface area is 257 Å². The molecule has 4 rings (SSSR count). The van der Waals surface area contributed by atoms with Gasteiger partial charge < -0.3 is 34.4 Å². The summed E-state index contributed by atoms with van der Waals surface area (Å²) in [6, 6.07) is 6.99. The molecule has 1 atom stereocenters. The van der Waals surface area contributed by atoms with Crippen LogP contribution in [0, 0.1) is 6.92 Å². The third-order valence-corrected chi connectivity index (χ3v) is 8.09. The van der Waals surface area contributed by atoms with Crippen LogP contribution < -0.4 is 10.1 Å². The summed E-state index contributed by atoms with van der Waals surface area (Å²) < 4.78 is 11.2. The number of carbonyl (C=O) groups is 5. The Balaban J connectivity index is 1.34. The molecule has 5 amide bonds. The first-order chi connectivity index (χ1) is 21.1. The van der Waals surface area contributed by atoms with Gasteiger partial charge in [0.15, 0.2) is 6.61 Å². The molecule has 2 aliphatic heterocycles. The lowest BCUT2D eigenvalue weighted by Gasteiger charge is -2.34. The zero-order valence-corrected chi connectivity index (χ0v) is 26.0. The second-order valence-electron chi connectivity index (χ2n) is 11.2. The van der Waals surface area contributed by atoms with Gasteiger partial charge in [-0.05, 0) is 37.5 Å². The van der Waals surface area contributed by atoms with Crippen LogP contribution in [0.1, 0.15) is 49.2 Å². The highest BCUT2D eigenvalue weighted by atomic mass is 16.6. The fourth-order valence-electron chi connectivity index (χ4n) is 5.21. The van der Waals surface area contributed by atoms with Gasteiger partial charge in [0.1, 0.15) is 11.4 Å². The summed E-state index contributed by atoms with van der Waals surface area (Å²) in [6.45, 7) is 7.73. The summed E-state index contributed by atoms with van der Waals surface area (Å²) in [4.78, 5) is 73.7. The van der Waals surface area contributed by atoms with Crippen molar-refractivity contribution in [3.05, 3.63) is 35.5 Å². The zero-order valence-electron chi connectivity index (χ0n) is 26.0. The van der Waals surface area contributed by atoms with Crippen molar-refractivity contribution in [1.29, 1.82) is 0 Å². The number of aryl methyl sites for hydroxylation is 1. The number of hydrogen-bond acceptors (Lipinski definition) is 8. The van der Waals surface area contributed by atoms with Crippen molar-refractivity contribution < 1.29 is 33.4 Å². The molecular formula is C31H42N6O7. The number of amides is 5. The van der Waals surface area contributed by atoms with Crippen molar-refractivity contribution in [3.8, 4) is 5.75 Å². The van der Waals surface area contributed by atoms with E-state index in [-0.39, 0.29) is 48.7 Å². The molecule has 0 radical (unpaired) electrons. The number of likely N-dealkylation sites (N-methyl/N-ethyl adjacent to an activating group) is 1. The Hall–Kier alpha value is -4.42. The number of likely N-dealkylation sites (tertiary alicyclic amines) is 1. The molecule has 238 valence electrons. The summed E-state index contributed by atoms with van der Waals surface area (Å²) >= 11 is 0. The molecule has 3 heterocycles. The van der Waals surface area contributed by atoms with Crippen LogP contribution in [-0.2, 0) is 19.1 Å². The molecule has 13 heteroatoms. The number of ether oxygens (including phenoxy) is 2. The monoisotopic (exact) mass is 610 g/mol. The number of hydrogen-bond donors (Lipinski definition) is 1. The topological polar surface area (TPSA) is 142 Å². The zero-order chi connectivity index (χ0) is 31.8. The Morgan fingerprint density at radius 2 is 1.73 bits per heavy atom. The Morgan fingerprint density at radius 1 is 1.00 bits per heavy atom. The Morgan fingerprint density at radius 3 is 2.43 bits per heavy atom. The van der Waals surface area contributed by atoms with E-state index in [4.69, 9.17) is 9.47 Å². The van der Waals surface area contributed by atoms with Gasteiger partial charge >= 0.3 is 6.09 Å². The van der Waals surface area contributed by atoms with E-state index in [1.165, 1.54) is 13.0 Å². The van der Waals surface area contributed by atoms with E-state index in [0.29, 0.717) is 68.9 Å².